The minimum absolute atomic E-state index is 0. The van der Waals surface area contributed by atoms with E-state index in [9.17, 15) is 9.90 Å². The molecule has 5 heteroatoms. The molecule has 0 bridgehead atoms. The second kappa shape index (κ2) is 14.1. The number of fused-ring (bicyclic) bond motifs is 4. The normalized spacial score (nSPS) is 12.4. The molecule has 213 valence electrons. The van der Waals surface area contributed by atoms with Gasteiger partial charge in [0.2, 0.25) is 0 Å². The number of allylic oxidation sites excluding steroid dienone is 2. The Balaban J connectivity index is 0.000000243. The Labute approximate surface area is 252 Å². The zero-order valence-corrected chi connectivity index (χ0v) is 26.9. The van der Waals surface area contributed by atoms with Crippen molar-refractivity contribution in [2.24, 2.45) is 11.8 Å². The number of pyridine rings is 2. The van der Waals surface area contributed by atoms with Crippen LogP contribution in [0.4, 0.5) is 0 Å². The number of carbonyl (C=O) groups excluding carboxylic acids is 1. The van der Waals surface area contributed by atoms with E-state index in [1.165, 1.54) is 38.9 Å². The first-order valence-corrected chi connectivity index (χ1v) is 14.5. The molecule has 2 aromatic carbocycles. The fourth-order valence-corrected chi connectivity index (χ4v) is 5.57. The number of nitrogens with zero attached hydrogens (tertiary/aromatic N) is 2. The molecular formula is C35H41IrN2O2-. The molecule has 5 rings (SSSR count). The summed E-state index contributed by atoms with van der Waals surface area (Å²) in [5.41, 5.74) is 7.20. The number of benzene rings is 2. The summed E-state index contributed by atoms with van der Waals surface area (Å²) in [7, 11) is 0. The standard InChI is InChI=1S/C22H17N2.C13H24O2.Ir/c1-13(2)14-6-7-16-12-24-22-17-8-9-23-20-5-3-4-15(21(17)20)11-19(22)18(16)10-14;1-5-10(6-2)12(14)9-13(15)11(7-3)8-4;/h3-7,9-10,12-13H,11H2,1-2H3;9-11,14H,5-8H2,1-4H3;/q-1;;/b;12-9-;. The summed E-state index contributed by atoms with van der Waals surface area (Å²) in [6.07, 6.45) is 9.58. The molecule has 0 atom stereocenters. The largest absolute Gasteiger partial charge is 0.512 e. The Hall–Kier alpha value is -2.88. The summed E-state index contributed by atoms with van der Waals surface area (Å²) < 4.78 is 0. The van der Waals surface area contributed by atoms with Crippen LogP contribution in [0.25, 0.3) is 32.9 Å². The molecule has 0 fully saturated rings. The van der Waals surface area contributed by atoms with E-state index in [2.05, 4.69) is 61.3 Å². The van der Waals surface area contributed by atoms with E-state index >= 15 is 0 Å². The smallest absolute Gasteiger partial charge is 0.162 e. The van der Waals surface area contributed by atoms with Crippen LogP contribution in [-0.2, 0) is 31.3 Å². The fourth-order valence-electron chi connectivity index (χ4n) is 5.57. The Kier molecular flexibility index (Phi) is 11.2. The molecule has 0 spiro atoms. The molecule has 0 amide bonds. The van der Waals surface area contributed by atoms with Gasteiger partial charge in [-0.1, -0.05) is 88.4 Å². The predicted octanol–water partition coefficient (Wildman–Crippen LogP) is 9.15. The maximum absolute atomic E-state index is 11.7. The number of hydrogen-bond donors (Lipinski definition) is 1. The third-order valence-corrected chi connectivity index (χ3v) is 8.17. The SMILES string of the molecule is CC(C)c1ccc2cnc3c(c2c1)Cc1cccc2nc[c-]c-3c12.CCC(CC)C(=O)/C=C(\O)C(CC)CC.[Ir]. The van der Waals surface area contributed by atoms with Crippen molar-refractivity contribution in [1.82, 2.24) is 9.97 Å². The van der Waals surface area contributed by atoms with Gasteiger partial charge in [-0.05, 0) is 72.3 Å². The van der Waals surface area contributed by atoms with Gasteiger partial charge in [0.05, 0.1) is 5.76 Å². The molecule has 1 aliphatic carbocycles. The minimum Gasteiger partial charge on any atom is -0.512 e. The molecule has 4 nitrogen and oxygen atoms in total. The van der Waals surface area contributed by atoms with E-state index in [1.54, 1.807) is 6.20 Å². The number of hydrogen-bond acceptors (Lipinski definition) is 4. The van der Waals surface area contributed by atoms with Gasteiger partial charge >= 0.3 is 0 Å². The molecule has 2 aromatic heterocycles. The van der Waals surface area contributed by atoms with E-state index in [0.29, 0.717) is 5.92 Å². The second-order valence-electron chi connectivity index (χ2n) is 10.9. The molecule has 0 saturated carbocycles. The predicted molar refractivity (Wildman–Crippen MR) is 162 cm³/mol. The molecule has 1 N–H and O–H groups in total. The zero-order valence-electron chi connectivity index (χ0n) is 24.5. The van der Waals surface area contributed by atoms with E-state index in [4.69, 9.17) is 4.98 Å². The third-order valence-electron chi connectivity index (χ3n) is 8.17. The summed E-state index contributed by atoms with van der Waals surface area (Å²) in [5.74, 6) is 1.07. The van der Waals surface area contributed by atoms with Gasteiger partial charge in [-0.15, -0.1) is 0 Å². The Morgan fingerprint density at radius 2 is 1.70 bits per heavy atom. The van der Waals surface area contributed by atoms with Crippen LogP contribution < -0.4 is 0 Å². The summed E-state index contributed by atoms with van der Waals surface area (Å²) >= 11 is 0. The molecular weight excluding hydrogens is 673 g/mol. The van der Waals surface area contributed by atoms with E-state index in [1.807, 2.05) is 33.9 Å². The van der Waals surface area contributed by atoms with Gasteiger partial charge in [-0.2, -0.15) is 11.6 Å². The van der Waals surface area contributed by atoms with Crippen molar-refractivity contribution in [3.63, 3.8) is 0 Å². The van der Waals surface area contributed by atoms with Crippen molar-refractivity contribution in [1.29, 1.82) is 0 Å². The quantitative estimate of drug-likeness (QED) is 0.0990. The molecule has 0 aliphatic heterocycles. The maximum Gasteiger partial charge on any atom is 0.162 e. The molecule has 0 unspecified atom stereocenters. The van der Waals surface area contributed by atoms with Crippen molar-refractivity contribution in [3.05, 3.63) is 83.4 Å². The van der Waals surface area contributed by atoms with Crippen LogP contribution in [0.3, 0.4) is 0 Å². The Morgan fingerprint density at radius 1 is 1.00 bits per heavy atom. The zero-order chi connectivity index (χ0) is 28.1. The van der Waals surface area contributed by atoms with Crippen LogP contribution in [0, 0.1) is 17.9 Å². The van der Waals surface area contributed by atoms with Gasteiger partial charge in [-0.3, -0.25) is 9.78 Å². The van der Waals surface area contributed by atoms with Gasteiger partial charge in [0.1, 0.15) is 0 Å². The summed E-state index contributed by atoms with van der Waals surface area (Å²) in [6, 6.07) is 16.5. The van der Waals surface area contributed by atoms with Crippen molar-refractivity contribution < 1.29 is 30.0 Å². The second-order valence-corrected chi connectivity index (χ2v) is 10.9. The first kappa shape index (κ1) is 31.6. The van der Waals surface area contributed by atoms with Crippen molar-refractivity contribution >= 4 is 27.5 Å². The monoisotopic (exact) mass is 714 g/mol. The van der Waals surface area contributed by atoms with Crippen LogP contribution in [0.15, 0.2) is 60.6 Å². The maximum atomic E-state index is 11.7. The summed E-state index contributed by atoms with van der Waals surface area (Å²) in [6.45, 7) is 12.6. The third kappa shape index (κ3) is 6.53. The fraction of sp³-hybridized carbons (Fsp3) is 0.400. The molecule has 1 aliphatic rings. The van der Waals surface area contributed by atoms with Gasteiger partial charge in [-0.25, -0.2) is 0 Å². The Bertz CT molecular complexity index is 1500. The average Bonchev–Trinajstić information content (AvgIpc) is 2.94. The van der Waals surface area contributed by atoms with Crippen LogP contribution >= 0.6 is 0 Å². The average molecular weight is 714 g/mol. The topological polar surface area (TPSA) is 63.1 Å². The van der Waals surface area contributed by atoms with E-state index in [0.717, 1.165) is 48.9 Å². The van der Waals surface area contributed by atoms with Crippen molar-refractivity contribution in [3.8, 4) is 11.3 Å². The van der Waals surface area contributed by atoms with Crippen LogP contribution in [0.2, 0.25) is 0 Å². The van der Waals surface area contributed by atoms with Crippen molar-refractivity contribution in [2.45, 2.75) is 79.6 Å². The van der Waals surface area contributed by atoms with Crippen molar-refractivity contribution in [2.75, 3.05) is 0 Å². The van der Waals surface area contributed by atoms with Gasteiger partial charge in [0.15, 0.2) is 5.78 Å². The minimum atomic E-state index is 0. The van der Waals surface area contributed by atoms with E-state index < -0.39 is 0 Å². The molecule has 0 saturated heterocycles. The Morgan fingerprint density at radius 3 is 2.35 bits per heavy atom. The first-order valence-electron chi connectivity index (χ1n) is 14.5. The van der Waals surface area contributed by atoms with Gasteiger partial charge < -0.3 is 10.1 Å². The number of aliphatic hydroxyl groups excluding tert-OH is 1. The van der Waals surface area contributed by atoms with Crippen LogP contribution in [-0.4, -0.2) is 20.9 Å². The van der Waals surface area contributed by atoms with Crippen LogP contribution in [0.1, 0.15) is 89.8 Å². The molecule has 1 radical (unpaired) electrons. The number of aliphatic hydroxyl groups is 1. The molecule has 2 heterocycles. The summed E-state index contributed by atoms with van der Waals surface area (Å²) in [4.78, 5) is 21.0. The van der Waals surface area contributed by atoms with E-state index in [-0.39, 0.29) is 43.5 Å². The first-order chi connectivity index (χ1) is 18.8. The molecule has 40 heavy (non-hydrogen) atoms. The number of rotatable bonds is 8. The number of ketones is 1. The number of aromatic nitrogens is 2. The number of carbonyl (C=O) groups is 1. The van der Waals surface area contributed by atoms with Crippen LogP contribution in [0.5, 0.6) is 0 Å². The summed E-state index contributed by atoms with van der Waals surface area (Å²) in [5, 5.41) is 13.5. The van der Waals surface area contributed by atoms with Gasteiger partial charge in [0.25, 0.3) is 0 Å². The molecule has 4 aromatic rings. The van der Waals surface area contributed by atoms with Gasteiger partial charge in [0, 0.05) is 49.7 Å².